The number of thiazole rings is 2. The lowest BCUT2D eigenvalue weighted by molar-refractivity contribution is 0.647. The smallest absolute Gasteiger partial charge is 0.0950 e. The summed E-state index contributed by atoms with van der Waals surface area (Å²) in [6, 6.07) is 24.9. The quantitative estimate of drug-likeness (QED) is 0.152. The Balaban J connectivity index is 0.000000389. The molecular weight excluding hydrogens is 861 g/mol. The van der Waals surface area contributed by atoms with Gasteiger partial charge >= 0.3 is 0 Å². The van der Waals surface area contributed by atoms with Gasteiger partial charge in [0, 0.05) is 57.7 Å². The number of hydrogen-bond donors (Lipinski definition) is 0. The molecule has 0 aliphatic carbocycles. The average molecular weight is 948 g/mol. The summed E-state index contributed by atoms with van der Waals surface area (Å²) in [6.07, 6.45) is 10.5. The number of nitrogens with zero attached hydrogens (tertiary/aromatic N) is 4. The summed E-state index contributed by atoms with van der Waals surface area (Å²) >= 11 is 5.27. The van der Waals surface area contributed by atoms with Gasteiger partial charge in [-0.25, -0.2) is 4.98 Å². The zero-order valence-electron chi connectivity index (χ0n) is 44.3. The first kappa shape index (κ1) is 59.7. The van der Waals surface area contributed by atoms with Crippen LogP contribution in [0.2, 0.25) is 0 Å². The van der Waals surface area contributed by atoms with E-state index in [1.807, 2.05) is 71.3 Å². The normalized spacial score (nSPS) is 10.5. The molecule has 7 heteroatoms. The number of aromatic nitrogens is 4. The van der Waals surface area contributed by atoms with Crippen LogP contribution in [0.4, 0.5) is 0 Å². The Bertz CT molecular complexity index is 2020. The molecule has 0 spiro atoms. The zero-order chi connectivity index (χ0) is 49.8. The van der Waals surface area contributed by atoms with Gasteiger partial charge in [0.2, 0.25) is 0 Å². The molecule has 66 heavy (non-hydrogen) atoms. The van der Waals surface area contributed by atoms with Crippen molar-refractivity contribution in [1.82, 2.24) is 19.9 Å². The van der Waals surface area contributed by atoms with Crippen molar-refractivity contribution in [2.45, 2.75) is 173 Å². The van der Waals surface area contributed by atoms with Gasteiger partial charge in [0.1, 0.15) is 0 Å². The van der Waals surface area contributed by atoms with Gasteiger partial charge in [-0.15, -0.1) is 34.0 Å². The van der Waals surface area contributed by atoms with Crippen molar-refractivity contribution in [2.75, 3.05) is 0 Å². The highest BCUT2D eigenvalue weighted by molar-refractivity contribution is 7.10. The molecule has 0 saturated carbocycles. The zero-order valence-corrected chi connectivity index (χ0v) is 46.8. The van der Waals surface area contributed by atoms with Crippen molar-refractivity contribution < 1.29 is 0 Å². The van der Waals surface area contributed by atoms with Crippen molar-refractivity contribution in [3.05, 3.63) is 185 Å². The van der Waals surface area contributed by atoms with Crippen LogP contribution in [0.5, 0.6) is 0 Å². The third kappa shape index (κ3) is 23.9. The Morgan fingerprint density at radius 2 is 1.03 bits per heavy atom. The predicted octanol–water partition coefficient (Wildman–Crippen LogP) is 19.1. The number of hydrogen-bond acceptors (Lipinski definition) is 7. The molecule has 0 atom stereocenters. The second kappa shape index (κ2) is 33.2. The number of rotatable bonds is 8. The number of benzene rings is 2. The van der Waals surface area contributed by atoms with Crippen LogP contribution in [-0.4, -0.2) is 19.9 Å². The minimum Gasteiger partial charge on any atom is -0.264 e. The molecular formula is C59H86N4S3. The van der Waals surface area contributed by atoms with E-state index in [-0.39, 0.29) is 0 Å². The summed E-state index contributed by atoms with van der Waals surface area (Å²) in [4.78, 5) is 19.1. The molecule has 0 unspecified atom stereocenters. The first-order chi connectivity index (χ1) is 31.2. The standard InChI is InChI=1S/C14H22.C10H14.2C8H11N.C7H10S.2C6H9NS/c1-8(2)14-12(6)10(4)9(3)11(5)13(14)7;1-9(2)8-10-6-4-3-5-7-10;1-7(2)8-4-3-5-9-6-8;1-7(2)8-5-3-4-6-9-8;1-6(2)7-4-3-5-8-7;1-5(2)6-3-7-4-8-6;1-5(2)6-7-3-4-8-6/h8H,1-7H3;3-7,9H,8H2,1-2H3;2*3-7H,1-2H3;3-6H,1-2H3;2*3-5H,1-2H3. The van der Waals surface area contributed by atoms with Crippen molar-refractivity contribution >= 4 is 34.0 Å². The van der Waals surface area contributed by atoms with Crippen molar-refractivity contribution in [1.29, 1.82) is 0 Å². The third-order valence-corrected chi connectivity index (χ3v) is 14.2. The molecule has 5 heterocycles. The summed E-state index contributed by atoms with van der Waals surface area (Å²) in [5.41, 5.74) is 14.7. The maximum atomic E-state index is 4.18. The third-order valence-electron chi connectivity index (χ3n) is 10.8. The highest BCUT2D eigenvalue weighted by Gasteiger charge is 2.14. The number of pyridine rings is 2. The van der Waals surface area contributed by atoms with Gasteiger partial charge in [-0.05, 0) is 151 Å². The molecule has 5 aromatic heterocycles. The monoisotopic (exact) mass is 947 g/mol. The Morgan fingerprint density at radius 1 is 0.424 bits per heavy atom. The molecule has 2 aromatic carbocycles. The maximum Gasteiger partial charge on any atom is 0.0950 e. The average Bonchev–Trinajstić information content (AvgIpc) is 4.13. The SMILES string of the molecule is CC(C)Cc1ccccc1.CC(C)c1ccccn1.CC(C)c1cccnc1.CC(C)c1cccs1.CC(C)c1cncs1.CC(C)c1nccs1.Cc1c(C)c(C)c(C(C)C)c(C)c1C. The van der Waals surface area contributed by atoms with Gasteiger partial charge < -0.3 is 0 Å². The fourth-order valence-corrected chi connectivity index (χ4v) is 8.60. The maximum absolute atomic E-state index is 4.18. The summed E-state index contributed by atoms with van der Waals surface area (Å²) in [6.45, 7) is 42.0. The van der Waals surface area contributed by atoms with Crippen LogP contribution in [0.15, 0.2) is 120 Å². The summed E-state index contributed by atoms with van der Waals surface area (Å²) in [5.74, 6) is 4.48. The molecule has 0 radical (unpaired) electrons. The van der Waals surface area contributed by atoms with E-state index in [1.165, 1.54) is 60.1 Å². The van der Waals surface area contributed by atoms with Crippen LogP contribution in [0, 0.1) is 40.5 Å². The summed E-state index contributed by atoms with van der Waals surface area (Å²) < 4.78 is 0. The molecule has 4 nitrogen and oxygen atoms in total. The van der Waals surface area contributed by atoms with Crippen LogP contribution in [0.25, 0.3) is 0 Å². The van der Waals surface area contributed by atoms with Crippen molar-refractivity contribution in [3.8, 4) is 0 Å². The fourth-order valence-electron chi connectivity index (χ4n) is 6.57. The molecule has 0 amide bonds. The van der Waals surface area contributed by atoms with E-state index in [2.05, 4.69) is 205 Å². The first-order valence-corrected chi connectivity index (χ1v) is 26.6. The molecule has 7 aromatic rings. The van der Waals surface area contributed by atoms with Gasteiger partial charge in [-0.3, -0.25) is 15.0 Å². The van der Waals surface area contributed by atoms with E-state index in [1.54, 1.807) is 34.4 Å². The van der Waals surface area contributed by atoms with Crippen LogP contribution in [0.3, 0.4) is 0 Å². The van der Waals surface area contributed by atoms with E-state index < -0.39 is 0 Å². The summed E-state index contributed by atoms with van der Waals surface area (Å²) in [5, 5.41) is 5.36. The lowest BCUT2D eigenvalue weighted by Gasteiger charge is -2.21. The molecule has 0 saturated heterocycles. The minimum atomic E-state index is 0.547. The topological polar surface area (TPSA) is 51.6 Å². The number of thiophene rings is 1. The molecule has 7 rings (SSSR count). The van der Waals surface area contributed by atoms with Crippen LogP contribution >= 0.6 is 34.0 Å². The second-order valence-corrected chi connectivity index (χ2v) is 21.7. The van der Waals surface area contributed by atoms with Crippen molar-refractivity contribution in [3.63, 3.8) is 0 Å². The Morgan fingerprint density at radius 3 is 1.35 bits per heavy atom. The molecule has 0 aliphatic heterocycles. The molecule has 360 valence electrons. The fraction of sp³-hybridized carbons (Fsp3) is 0.458. The van der Waals surface area contributed by atoms with E-state index in [9.17, 15) is 0 Å². The van der Waals surface area contributed by atoms with Gasteiger partial charge in [-0.2, -0.15) is 0 Å². The largest absolute Gasteiger partial charge is 0.264 e. The Hall–Kier alpha value is -4.30. The van der Waals surface area contributed by atoms with E-state index in [0.717, 1.165) is 11.6 Å². The molecule has 0 N–H and O–H groups in total. The highest BCUT2D eigenvalue weighted by Crippen LogP contribution is 2.31. The van der Waals surface area contributed by atoms with E-state index in [4.69, 9.17) is 0 Å². The highest BCUT2D eigenvalue weighted by atomic mass is 32.1. The first-order valence-electron chi connectivity index (χ1n) is 23.9. The Kier molecular flexibility index (Phi) is 30.1. The van der Waals surface area contributed by atoms with Gasteiger partial charge in [0.15, 0.2) is 0 Å². The van der Waals surface area contributed by atoms with Crippen LogP contribution < -0.4 is 0 Å². The minimum absolute atomic E-state index is 0.547. The van der Waals surface area contributed by atoms with Gasteiger partial charge in [0.25, 0.3) is 0 Å². The lowest BCUT2D eigenvalue weighted by Crippen LogP contribution is -2.04. The van der Waals surface area contributed by atoms with Gasteiger partial charge in [0.05, 0.1) is 10.5 Å². The molecule has 0 aliphatic rings. The van der Waals surface area contributed by atoms with Crippen LogP contribution in [-0.2, 0) is 6.42 Å². The predicted molar refractivity (Wildman–Crippen MR) is 297 cm³/mol. The molecule has 0 fully saturated rings. The van der Waals surface area contributed by atoms with Gasteiger partial charge in [-0.1, -0.05) is 145 Å². The second-order valence-electron chi connectivity index (χ2n) is 18.9. The molecule has 0 bridgehead atoms. The van der Waals surface area contributed by atoms with E-state index in [0.29, 0.717) is 35.5 Å². The lowest BCUT2D eigenvalue weighted by atomic mass is 9.85. The van der Waals surface area contributed by atoms with Crippen LogP contribution in [0.1, 0.15) is 197 Å². The van der Waals surface area contributed by atoms with E-state index >= 15 is 0 Å². The summed E-state index contributed by atoms with van der Waals surface area (Å²) in [7, 11) is 0. The van der Waals surface area contributed by atoms with Crippen molar-refractivity contribution in [2.24, 2.45) is 5.92 Å². The Labute approximate surface area is 415 Å².